The van der Waals surface area contributed by atoms with Crippen LogP contribution in [0.1, 0.15) is 30.3 Å². The highest BCUT2D eigenvalue weighted by molar-refractivity contribution is 9.10. The van der Waals surface area contributed by atoms with Gasteiger partial charge in [-0.1, -0.05) is 28.1 Å². The van der Waals surface area contributed by atoms with Crippen molar-refractivity contribution in [2.24, 2.45) is 5.92 Å². The van der Waals surface area contributed by atoms with Crippen molar-refractivity contribution in [1.29, 1.82) is 0 Å². The number of benzene rings is 1. The topological polar surface area (TPSA) is 48.1 Å². The number of aromatic nitrogens is 1. The van der Waals surface area contributed by atoms with Gasteiger partial charge in [-0.2, -0.15) is 0 Å². The Balaban J connectivity index is 1.48. The van der Waals surface area contributed by atoms with Crippen molar-refractivity contribution < 1.29 is 4.79 Å². The standard InChI is InChI=1S/C19H22BrN3O/c1-12-18(14-8-10-23(12)11-9-14)22-19(24)17-7-6-16(21-17)13-2-4-15(20)5-3-13/h2-7,12,14,18,21H,8-11H2,1H3,(H,22,24)/t12-,18-/m0/s1. The maximum Gasteiger partial charge on any atom is 0.267 e. The molecule has 0 aliphatic carbocycles. The molecule has 0 saturated carbocycles. The molecule has 5 heteroatoms. The minimum atomic E-state index is 0.00367. The first-order valence-electron chi connectivity index (χ1n) is 8.62. The second kappa shape index (κ2) is 6.37. The first kappa shape index (κ1) is 15.9. The van der Waals surface area contributed by atoms with Crippen molar-refractivity contribution in [2.45, 2.75) is 31.8 Å². The molecule has 0 radical (unpaired) electrons. The molecule has 2 bridgehead atoms. The highest BCUT2D eigenvalue weighted by Gasteiger charge is 2.40. The number of H-pyrrole nitrogens is 1. The molecule has 126 valence electrons. The maximum absolute atomic E-state index is 12.7. The summed E-state index contributed by atoms with van der Waals surface area (Å²) in [6.07, 6.45) is 2.40. The molecule has 3 saturated heterocycles. The number of nitrogens with zero attached hydrogens (tertiary/aromatic N) is 1. The van der Waals surface area contributed by atoms with Gasteiger partial charge in [0.2, 0.25) is 0 Å². The van der Waals surface area contributed by atoms with E-state index < -0.39 is 0 Å². The summed E-state index contributed by atoms with van der Waals surface area (Å²) in [5.41, 5.74) is 2.68. The minimum absolute atomic E-state index is 0.00367. The van der Waals surface area contributed by atoms with Crippen molar-refractivity contribution in [3.05, 3.63) is 46.6 Å². The lowest BCUT2D eigenvalue weighted by Gasteiger charge is -2.49. The number of carbonyl (C=O) groups excluding carboxylic acids is 1. The number of halogens is 1. The van der Waals surface area contributed by atoms with Crippen LogP contribution in [-0.4, -0.2) is 41.0 Å². The lowest BCUT2D eigenvalue weighted by molar-refractivity contribution is 0.0216. The van der Waals surface area contributed by atoms with E-state index in [4.69, 9.17) is 0 Å². The summed E-state index contributed by atoms with van der Waals surface area (Å²) in [6.45, 7) is 4.58. The van der Waals surface area contributed by atoms with Crippen LogP contribution in [0.4, 0.5) is 0 Å². The molecule has 0 unspecified atom stereocenters. The average molecular weight is 388 g/mol. The number of carbonyl (C=O) groups is 1. The van der Waals surface area contributed by atoms with Gasteiger partial charge in [-0.15, -0.1) is 0 Å². The third kappa shape index (κ3) is 2.91. The van der Waals surface area contributed by atoms with Gasteiger partial charge >= 0.3 is 0 Å². The Kier molecular flexibility index (Phi) is 4.22. The van der Waals surface area contributed by atoms with Gasteiger partial charge in [-0.05, 0) is 68.6 Å². The Morgan fingerprint density at radius 1 is 1.17 bits per heavy atom. The number of piperidine rings is 3. The van der Waals surface area contributed by atoms with E-state index in [1.807, 2.05) is 36.4 Å². The second-order valence-corrected chi connectivity index (χ2v) is 7.82. The first-order valence-corrected chi connectivity index (χ1v) is 9.41. The van der Waals surface area contributed by atoms with E-state index in [1.165, 1.54) is 25.9 Å². The quantitative estimate of drug-likeness (QED) is 0.843. The van der Waals surface area contributed by atoms with Gasteiger partial charge in [0.15, 0.2) is 0 Å². The summed E-state index contributed by atoms with van der Waals surface area (Å²) < 4.78 is 1.05. The third-order valence-corrected chi connectivity index (χ3v) is 6.09. The molecule has 3 aliphatic heterocycles. The molecular weight excluding hydrogens is 366 g/mol. The normalized spacial score (nSPS) is 28.8. The van der Waals surface area contributed by atoms with Crippen molar-refractivity contribution in [3.63, 3.8) is 0 Å². The van der Waals surface area contributed by atoms with E-state index in [9.17, 15) is 4.79 Å². The van der Waals surface area contributed by atoms with Gasteiger partial charge in [-0.3, -0.25) is 9.69 Å². The molecule has 4 heterocycles. The van der Waals surface area contributed by atoms with Gasteiger partial charge in [0.1, 0.15) is 5.69 Å². The zero-order valence-corrected chi connectivity index (χ0v) is 15.3. The average Bonchev–Trinajstić information content (AvgIpc) is 3.09. The number of rotatable bonds is 3. The van der Waals surface area contributed by atoms with Gasteiger partial charge in [0.25, 0.3) is 5.91 Å². The van der Waals surface area contributed by atoms with Crippen molar-refractivity contribution in [2.75, 3.05) is 13.1 Å². The molecular formula is C19H22BrN3O. The van der Waals surface area contributed by atoms with Crippen LogP contribution in [0.25, 0.3) is 11.3 Å². The summed E-state index contributed by atoms with van der Waals surface area (Å²) in [4.78, 5) is 18.4. The Morgan fingerprint density at radius 3 is 2.54 bits per heavy atom. The highest BCUT2D eigenvalue weighted by atomic mass is 79.9. The van der Waals surface area contributed by atoms with E-state index in [1.54, 1.807) is 0 Å². The largest absolute Gasteiger partial charge is 0.351 e. The fourth-order valence-corrected chi connectivity index (χ4v) is 4.36. The van der Waals surface area contributed by atoms with Gasteiger partial charge in [0.05, 0.1) is 0 Å². The van der Waals surface area contributed by atoms with Crippen LogP contribution in [0.15, 0.2) is 40.9 Å². The number of hydrogen-bond acceptors (Lipinski definition) is 2. The zero-order chi connectivity index (χ0) is 16.7. The number of fused-ring (bicyclic) bond motifs is 3. The fraction of sp³-hybridized carbons (Fsp3) is 0.421. The molecule has 1 aromatic carbocycles. The number of amides is 1. The van der Waals surface area contributed by atoms with Crippen LogP contribution in [0, 0.1) is 5.92 Å². The van der Waals surface area contributed by atoms with Crippen molar-refractivity contribution in [3.8, 4) is 11.3 Å². The maximum atomic E-state index is 12.7. The van der Waals surface area contributed by atoms with Crippen LogP contribution in [-0.2, 0) is 0 Å². The molecule has 5 rings (SSSR count). The predicted molar refractivity (Wildman–Crippen MR) is 98.9 cm³/mol. The number of nitrogens with one attached hydrogen (secondary N) is 2. The lowest BCUT2D eigenvalue weighted by Crippen LogP contribution is -2.62. The highest BCUT2D eigenvalue weighted by Crippen LogP contribution is 2.32. The lowest BCUT2D eigenvalue weighted by atomic mass is 9.79. The van der Waals surface area contributed by atoms with Crippen LogP contribution in [0.5, 0.6) is 0 Å². The minimum Gasteiger partial charge on any atom is -0.351 e. The Hall–Kier alpha value is -1.59. The van der Waals surface area contributed by atoms with Crippen LogP contribution < -0.4 is 5.32 Å². The Bertz CT molecular complexity index is 729. The zero-order valence-electron chi connectivity index (χ0n) is 13.8. The van der Waals surface area contributed by atoms with E-state index >= 15 is 0 Å². The summed E-state index contributed by atoms with van der Waals surface area (Å²) >= 11 is 3.44. The summed E-state index contributed by atoms with van der Waals surface area (Å²) in [5.74, 6) is 0.624. The molecule has 2 atom stereocenters. The molecule has 1 amide bonds. The smallest absolute Gasteiger partial charge is 0.267 e. The molecule has 24 heavy (non-hydrogen) atoms. The van der Waals surface area contributed by atoms with Crippen LogP contribution in [0.2, 0.25) is 0 Å². The summed E-state index contributed by atoms with van der Waals surface area (Å²) in [5, 5.41) is 3.27. The Morgan fingerprint density at radius 2 is 1.88 bits per heavy atom. The van der Waals surface area contributed by atoms with Gasteiger partial charge in [0, 0.05) is 22.3 Å². The SMILES string of the molecule is C[C@H]1[C@H](NC(=O)c2ccc(-c3ccc(Br)cc3)[nH]2)C2CCN1CC2. The second-order valence-electron chi connectivity index (χ2n) is 6.91. The molecule has 0 spiro atoms. The van der Waals surface area contributed by atoms with E-state index in [0.717, 1.165) is 15.7 Å². The van der Waals surface area contributed by atoms with Gasteiger partial charge < -0.3 is 10.3 Å². The van der Waals surface area contributed by atoms with Gasteiger partial charge in [-0.25, -0.2) is 0 Å². The Labute approximate surface area is 150 Å². The summed E-state index contributed by atoms with van der Waals surface area (Å²) in [7, 11) is 0. The fourth-order valence-electron chi connectivity index (χ4n) is 4.10. The molecule has 4 nitrogen and oxygen atoms in total. The number of aromatic amines is 1. The van der Waals surface area contributed by atoms with E-state index in [-0.39, 0.29) is 11.9 Å². The van der Waals surface area contributed by atoms with Crippen LogP contribution in [0.3, 0.4) is 0 Å². The number of hydrogen-bond donors (Lipinski definition) is 2. The monoisotopic (exact) mass is 387 g/mol. The summed E-state index contributed by atoms with van der Waals surface area (Å²) in [6, 6.07) is 12.6. The van der Waals surface area contributed by atoms with E-state index in [0.29, 0.717) is 17.7 Å². The van der Waals surface area contributed by atoms with E-state index in [2.05, 4.69) is 38.1 Å². The predicted octanol–water partition coefficient (Wildman–Crippen LogP) is 3.66. The molecule has 2 aromatic rings. The molecule has 3 fully saturated rings. The van der Waals surface area contributed by atoms with Crippen molar-refractivity contribution >= 4 is 21.8 Å². The third-order valence-electron chi connectivity index (χ3n) is 5.56. The van der Waals surface area contributed by atoms with Crippen molar-refractivity contribution in [1.82, 2.24) is 15.2 Å². The molecule has 3 aliphatic rings. The molecule has 2 N–H and O–H groups in total. The first-order chi connectivity index (χ1) is 11.6. The molecule has 1 aromatic heterocycles. The van der Waals surface area contributed by atoms with Crippen LogP contribution >= 0.6 is 15.9 Å².